The van der Waals surface area contributed by atoms with Crippen LogP contribution in [0.1, 0.15) is 66.9 Å². The lowest BCUT2D eigenvalue weighted by atomic mass is 9.91. The number of halogens is 6. The van der Waals surface area contributed by atoms with Crippen molar-refractivity contribution in [2.24, 2.45) is 0 Å². The molecule has 10 heteroatoms. The van der Waals surface area contributed by atoms with Crippen molar-refractivity contribution in [3.8, 4) is 0 Å². The lowest BCUT2D eigenvalue weighted by Crippen LogP contribution is -2.42. The molecule has 1 heterocycles. The minimum Gasteiger partial charge on any atom is -0.370 e. The quantitative estimate of drug-likeness (QED) is 0.447. The number of nitrogens with one attached hydrogen (secondary N) is 2. The number of amides is 1. The van der Waals surface area contributed by atoms with Crippen molar-refractivity contribution >= 4 is 5.91 Å². The normalized spacial score (nSPS) is 25.7. The Morgan fingerprint density at radius 1 is 0.972 bits per heavy atom. The molecule has 0 radical (unpaired) electrons. The Labute approximate surface area is 205 Å². The molecule has 2 N–H and O–H groups in total. The van der Waals surface area contributed by atoms with Gasteiger partial charge in [-0.05, 0) is 55.5 Å². The molecule has 2 aromatic carbocycles. The van der Waals surface area contributed by atoms with E-state index in [4.69, 9.17) is 4.74 Å². The summed E-state index contributed by atoms with van der Waals surface area (Å²) in [6.07, 6.45) is -8.71. The SMILES string of the molecule is C[C@@H](O[C@H]1CC[C@@H](NC[C@@H]2CCC(=O)N2)[C@@H]1c1ccccc1)c1cc(C(F)(F)F)cc(C(F)(F)F)c1. The summed E-state index contributed by atoms with van der Waals surface area (Å²) < 4.78 is 86.2. The topological polar surface area (TPSA) is 50.4 Å². The minimum atomic E-state index is -4.92. The van der Waals surface area contributed by atoms with Crippen LogP contribution in [0.2, 0.25) is 0 Å². The highest BCUT2D eigenvalue weighted by Crippen LogP contribution is 2.42. The molecule has 4 nitrogen and oxygen atoms in total. The summed E-state index contributed by atoms with van der Waals surface area (Å²) in [4.78, 5) is 11.5. The fraction of sp³-hybridized carbons (Fsp3) is 0.500. The van der Waals surface area contributed by atoms with Gasteiger partial charge in [-0.2, -0.15) is 26.3 Å². The smallest absolute Gasteiger partial charge is 0.370 e. The second-order valence-corrected chi connectivity index (χ2v) is 9.49. The fourth-order valence-corrected chi connectivity index (χ4v) is 5.14. The van der Waals surface area contributed by atoms with E-state index in [-0.39, 0.29) is 35.5 Å². The maximum Gasteiger partial charge on any atom is 0.416 e. The Kier molecular flexibility index (Phi) is 7.66. The Balaban J connectivity index is 1.55. The number of hydrogen-bond donors (Lipinski definition) is 2. The lowest BCUT2D eigenvalue weighted by Gasteiger charge is -2.29. The van der Waals surface area contributed by atoms with Crippen LogP contribution in [0.25, 0.3) is 0 Å². The van der Waals surface area contributed by atoms with Crippen LogP contribution in [0.4, 0.5) is 26.3 Å². The van der Waals surface area contributed by atoms with E-state index in [0.717, 1.165) is 24.1 Å². The van der Waals surface area contributed by atoms with Crippen molar-refractivity contribution in [3.63, 3.8) is 0 Å². The lowest BCUT2D eigenvalue weighted by molar-refractivity contribution is -0.143. The summed E-state index contributed by atoms with van der Waals surface area (Å²) >= 11 is 0. The standard InChI is InChI=1S/C26H28F6N2O2/c1-15(17-11-18(25(27,28)29)13-19(12-17)26(30,31)32)36-22-9-8-21(24(22)16-5-3-2-4-6-16)33-14-20-7-10-23(35)34-20/h2-6,11-13,15,20-22,24,33H,7-10,14H2,1H3,(H,34,35)/t15-,20+,21-,22+,24+/m1/s1. The van der Waals surface area contributed by atoms with Crippen molar-refractivity contribution < 1.29 is 35.9 Å². The van der Waals surface area contributed by atoms with Crippen LogP contribution in [0, 0.1) is 0 Å². The van der Waals surface area contributed by atoms with E-state index in [9.17, 15) is 31.1 Å². The van der Waals surface area contributed by atoms with Crippen molar-refractivity contribution in [1.29, 1.82) is 0 Å². The molecule has 1 saturated carbocycles. The summed E-state index contributed by atoms with van der Waals surface area (Å²) in [6.45, 7) is 2.05. The van der Waals surface area contributed by atoms with Gasteiger partial charge in [-0.1, -0.05) is 30.3 Å². The van der Waals surface area contributed by atoms with Crippen molar-refractivity contribution in [2.45, 2.75) is 75.2 Å². The summed E-state index contributed by atoms with van der Waals surface area (Å²) in [5, 5.41) is 6.42. The predicted octanol–water partition coefficient (Wildman–Crippen LogP) is 5.98. The molecule has 0 bridgehead atoms. The molecule has 196 valence electrons. The monoisotopic (exact) mass is 514 g/mol. The van der Waals surface area contributed by atoms with E-state index >= 15 is 0 Å². The summed E-state index contributed by atoms with van der Waals surface area (Å²) in [5.41, 5.74) is -1.91. The van der Waals surface area contributed by atoms with E-state index in [2.05, 4.69) is 10.6 Å². The van der Waals surface area contributed by atoms with Crippen molar-refractivity contribution in [2.75, 3.05) is 6.54 Å². The third kappa shape index (κ3) is 6.21. The van der Waals surface area contributed by atoms with Crippen LogP contribution in [0.3, 0.4) is 0 Å². The molecule has 1 aliphatic heterocycles. The maximum absolute atomic E-state index is 13.3. The van der Waals surface area contributed by atoms with Gasteiger partial charge in [-0.15, -0.1) is 0 Å². The van der Waals surface area contributed by atoms with E-state index in [0.29, 0.717) is 25.8 Å². The zero-order valence-electron chi connectivity index (χ0n) is 19.6. The number of alkyl halides is 6. The van der Waals surface area contributed by atoms with Gasteiger partial charge in [0.2, 0.25) is 5.91 Å². The molecule has 1 aliphatic carbocycles. The highest BCUT2D eigenvalue weighted by molar-refractivity contribution is 5.78. The van der Waals surface area contributed by atoms with Gasteiger partial charge in [0.15, 0.2) is 0 Å². The molecule has 2 fully saturated rings. The largest absolute Gasteiger partial charge is 0.416 e. The minimum absolute atomic E-state index is 0.0159. The molecular weight excluding hydrogens is 486 g/mol. The van der Waals surface area contributed by atoms with Gasteiger partial charge in [0.25, 0.3) is 0 Å². The number of carbonyl (C=O) groups excluding carboxylic acids is 1. The number of hydrogen-bond acceptors (Lipinski definition) is 3. The molecule has 0 spiro atoms. The van der Waals surface area contributed by atoms with Crippen molar-refractivity contribution in [3.05, 3.63) is 70.8 Å². The Morgan fingerprint density at radius 3 is 2.17 bits per heavy atom. The van der Waals surface area contributed by atoms with E-state index in [1.54, 1.807) is 0 Å². The first-order valence-corrected chi connectivity index (χ1v) is 11.9. The first-order chi connectivity index (χ1) is 16.9. The molecule has 0 aromatic heterocycles. The molecule has 5 atom stereocenters. The third-order valence-corrected chi connectivity index (χ3v) is 6.95. The second-order valence-electron chi connectivity index (χ2n) is 9.49. The highest BCUT2D eigenvalue weighted by Gasteiger charge is 2.41. The summed E-state index contributed by atoms with van der Waals surface area (Å²) in [7, 11) is 0. The zero-order valence-corrected chi connectivity index (χ0v) is 19.6. The van der Waals surface area contributed by atoms with Gasteiger partial charge in [-0.25, -0.2) is 0 Å². The van der Waals surface area contributed by atoms with Gasteiger partial charge in [0, 0.05) is 31.0 Å². The molecular formula is C26H28F6N2O2. The second kappa shape index (κ2) is 10.4. The highest BCUT2D eigenvalue weighted by atomic mass is 19.4. The Hall–Kier alpha value is -2.59. The number of benzene rings is 2. The van der Waals surface area contributed by atoms with E-state index in [1.807, 2.05) is 30.3 Å². The van der Waals surface area contributed by atoms with Crippen LogP contribution in [-0.2, 0) is 21.9 Å². The summed E-state index contributed by atoms with van der Waals surface area (Å²) in [6, 6.07) is 11.1. The van der Waals surface area contributed by atoms with Gasteiger partial charge >= 0.3 is 12.4 Å². The Bertz CT molecular complexity index is 1020. The number of rotatable bonds is 7. The predicted molar refractivity (Wildman–Crippen MR) is 121 cm³/mol. The molecule has 0 unspecified atom stereocenters. The molecule has 36 heavy (non-hydrogen) atoms. The summed E-state index contributed by atoms with van der Waals surface area (Å²) in [5.74, 6) is -0.138. The molecule has 2 aliphatic rings. The molecule has 2 aromatic rings. The average Bonchev–Trinajstić information content (AvgIpc) is 3.42. The third-order valence-electron chi connectivity index (χ3n) is 6.95. The number of carbonyl (C=O) groups is 1. The van der Waals surface area contributed by atoms with Gasteiger partial charge in [-0.3, -0.25) is 4.79 Å². The molecule has 4 rings (SSSR count). The van der Waals surface area contributed by atoms with Crippen LogP contribution in [0.15, 0.2) is 48.5 Å². The van der Waals surface area contributed by atoms with Gasteiger partial charge < -0.3 is 15.4 Å². The van der Waals surface area contributed by atoms with Crippen LogP contribution >= 0.6 is 0 Å². The van der Waals surface area contributed by atoms with Crippen molar-refractivity contribution in [1.82, 2.24) is 10.6 Å². The first-order valence-electron chi connectivity index (χ1n) is 11.9. The zero-order chi connectivity index (χ0) is 26.1. The van der Waals surface area contributed by atoms with Gasteiger partial charge in [0.05, 0.1) is 23.3 Å². The number of ether oxygens (including phenoxy) is 1. The van der Waals surface area contributed by atoms with Crippen LogP contribution in [-0.4, -0.2) is 30.6 Å². The van der Waals surface area contributed by atoms with Crippen LogP contribution < -0.4 is 10.6 Å². The molecule has 1 amide bonds. The molecule has 1 saturated heterocycles. The maximum atomic E-state index is 13.3. The van der Waals surface area contributed by atoms with E-state index < -0.39 is 35.7 Å². The first kappa shape index (κ1) is 26.5. The fourth-order valence-electron chi connectivity index (χ4n) is 5.14. The van der Waals surface area contributed by atoms with Gasteiger partial charge in [0.1, 0.15) is 0 Å². The average molecular weight is 515 g/mol. The van der Waals surface area contributed by atoms with E-state index in [1.165, 1.54) is 6.92 Å². The Morgan fingerprint density at radius 2 is 1.61 bits per heavy atom. The van der Waals surface area contributed by atoms with Crippen LogP contribution in [0.5, 0.6) is 0 Å².